The van der Waals surface area contributed by atoms with Crippen molar-refractivity contribution in [1.82, 2.24) is 0 Å². The number of hydrogen-bond acceptors (Lipinski definition) is 1. The Bertz CT molecular complexity index is 6.00. The molecule has 0 radical (unpaired) electrons. The average Bonchev–Trinajstić information content (AvgIpc) is 1.00. The first-order valence-corrected chi connectivity index (χ1v) is 0.866. The van der Waals surface area contributed by atoms with Crippen LogP contribution in [-0.4, -0.2) is 62.3 Å². The van der Waals surface area contributed by atoms with Gasteiger partial charge in [-0.05, 0) is 0 Å². The molecule has 0 fully saturated rings. The zero-order valence-corrected chi connectivity index (χ0v) is 2.53. The monoisotopic (exact) mass is 96.0 g/mol. The van der Waals surface area contributed by atoms with Gasteiger partial charge in [0.1, 0.15) is 0 Å². The van der Waals surface area contributed by atoms with E-state index in [0.29, 0.717) is 16.2 Å². The van der Waals surface area contributed by atoms with Gasteiger partial charge in [-0.25, -0.2) is 0 Å². The molecule has 0 bridgehead atoms. The molecule has 0 aromatic heterocycles. The van der Waals surface area contributed by atoms with E-state index in [-0.39, 0.29) is 46.1 Å². The zero-order chi connectivity index (χ0) is 2.00. The van der Waals surface area contributed by atoms with E-state index in [0.717, 1.165) is 0 Å². The van der Waals surface area contributed by atoms with E-state index in [9.17, 15) is 0 Å². The van der Waals surface area contributed by atoms with Crippen molar-refractivity contribution in [2.45, 2.75) is 0 Å². The predicted molar refractivity (Wildman–Crippen MR) is 24.9 cm³/mol. The van der Waals surface area contributed by atoms with Gasteiger partial charge in [-0.2, -0.15) is 0 Å². The normalized spacial score (nSPS) is 0.750. The van der Waals surface area contributed by atoms with Crippen LogP contribution in [0.4, 0.5) is 0 Å². The van der Waals surface area contributed by atoms with Crippen molar-refractivity contribution in [3.63, 3.8) is 0 Å². The van der Waals surface area contributed by atoms with Crippen molar-refractivity contribution in [1.29, 1.82) is 0 Å². The molecule has 0 aliphatic heterocycles. The third-order valence-electron chi connectivity index (χ3n) is 0. The van der Waals surface area contributed by atoms with Gasteiger partial charge in [0.05, 0.1) is 0 Å². The van der Waals surface area contributed by atoms with E-state index in [2.05, 4.69) is 0 Å². The van der Waals surface area contributed by atoms with Gasteiger partial charge in [-0.15, -0.1) is 0 Å². The Morgan fingerprint density at radius 1 is 1.00 bits per heavy atom. The summed E-state index contributed by atoms with van der Waals surface area (Å²) in [5, 5.41) is 0. The molecular formula is H5AlMg2O. The standard InChI is InChI=1S/Al.2Mg.O.5H. The van der Waals surface area contributed by atoms with Crippen LogP contribution in [0.1, 0.15) is 0 Å². The van der Waals surface area contributed by atoms with E-state index >= 15 is 0 Å². The third kappa shape index (κ3) is 9.12. The predicted octanol–water partition coefficient (Wildman–Crippen LogP) is -2.60. The summed E-state index contributed by atoms with van der Waals surface area (Å²) in [6.07, 6.45) is 0. The van der Waals surface area contributed by atoms with Crippen LogP contribution in [0.25, 0.3) is 0 Å². The van der Waals surface area contributed by atoms with Gasteiger partial charge < -0.3 is 0 Å². The SMILES string of the molecule is [MgH2].[MgH2].[O]=[AlH]. The molecule has 4 heteroatoms. The second kappa shape index (κ2) is 20.9. The van der Waals surface area contributed by atoms with E-state index < -0.39 is 0 Å². The van der Waals surface area contributed by atoms with Gasteiger partial charge in [0.2, 0.25) is 0 Å². The van der Waals surface area contributed by atoms with Crippen molar-refractivity contribution < 1.29 is 3.80 Å². The third-order valence-corrected chi connectivity index (χ3v) is 0. The maximum absolute atomic E-state index is 8.28. The topological polar surface area (TPSA) is 17.1 Å². The Balaban J connectivity index is -0.00000000500. The molecule has 0 aliphatic rings. The molecule has 4 heavy (non-hydrogen) atoms. The van der Waals surface area contributed by atoms with Crippen LogP contribution < -0.4 is 0 Å². The molecule has 0 aliphatic carbocycles. The van der Waals surface area contributed by atoms with Crippen LogP contribution >= 0.6 is 0 Å². The molecule has 18 valence electrons. The Morgan fingerprint density at radius 2 is 1.00 bits per heavy atom. The van der Waals surface area contributed by atoms with Gasteiger partial charge >= 0.3 is 66.1 Å². The molecule has 1 nitrogen and oxygen atoms in total. The summed E-state index contributed by atoms with van der Waals surface area (Å²) in [6.45, 7) is 0. The van der Waals surface area contributed by atoms with Crippen molar-refractivity contribution in [3.8, 4) is 0 Å². The van der Waals surface area contributed by atoms with Gasteiger partial charge in [0, 0.05) is 0 Å². The summed E-state index contributed by atoms with van der Waals surface area (Å²) in [5.41, 5.74) is 0. The molecule has 0 N–H and O–H groups in total. The number of rotatable bonds is 0. The molecule has 0 spiro atoms. The van der Waals surface area contributed by atoms with Gasteiger partial charge in [-0.1, -0.05) is 0 Å². The summed E-state index contributed by atoms with van der Waals surface area (Å²) in [5.74, 6) is 0. The second-order valence-corrected chi connectivity index (χ2v) is 0. The maximum atomic E-state index is 8.28. The first kappa shape index (κ1) is 16.9. The molecule has 0 unspecified atom stereocenters. The Morgan fingerprint density at radius 3 is 1.00 bits per heavy atom. The van der Waals surface area contributed by atoms with Gasteiger partial charge in [0.15, 0.2) is 0 Å². The van der Waals surface area contributed by atoms with Crippen molar-refractivity contribution in [2.24, 2.45) is 0 Å². The van der Waals surface area contributed by atoms with Crippen LogP contribution in [0.15, 0.2) is 0 Å². The summed E-state index contributed by atoms with van der Waals surface area (Å²) in [6, 6.07) is 0. The van der Waals surface area contributed by atoms with Crippen LogP contribution in [0, 0.1) is 0 Å². The summed E-state index contributed by atoms with van der Waals surface area (Å²) >= 11 is 0.611. The Labute approximate surface area is 65.5 Å². The van der Waals surface area contributed by atoms with E-state index in [4.69, 9.17) is 3.80 Å². The molecule has 0 saturated carbocycles. The quantitative estimate of drug-likeness (QED) is 0.303. The average molecular weight is 96.6 g/mol. The second-order valence-electron chi connectivity index (χ2n) is 0. The van der Waals surface area contributed by atoms with E-state index in [1.165, 1.54) is 0 Å². The fraction of sp³-hybridized carbons (Fsp3) is 0. The fourth-order valence-corrected chi connectivity index (χ4v) is 0. The molecule has 0 heterocycles. The molecule has 0 atom stereocenters. The van der Waals surface area contributed by atoms with Crippen LogP contribution in [-0.2, 0) is 3.80 Å². The van der Waals surface area contributed by atoms with Gasteiger partial charge in [0.25, 0.3) is 0 Å². The van der Waals surface area contributed by atoms with Crippen molar-refractivity contribution >= 4 is 62.3 Å². The Hall–Kier alpha value is 1.86. The van der Waals surface area contributed by atoms with E-state index in [1.54, 1.807) is 0 Å². The first-order valence-electron chi connectivity index (χ1n) is 0.289. The van der Waals surface area contributed by atoms with Gasteiger partial charge in [-0.3, -0.25) is 0 Å². The number of hydrogen-bond donors (Lipinski definition) is 0. The molecular weight excluding hydrogens is 91.6 g/mol. The van der Waals surface area contributed by atoms with Crippen molar-refractivity contribution in [3.05, 3.63) is 0 Å². The molecule has 0 aromatic carbocycles. The summed E-state index contributed by atoms with van der Waals surface area (Å²) in [4.78, 5) is 0. The minimum atomic E-state index is 0. The van der Waals surface area contributed by atoms with Crippen LogP contribution in [0.2, 0.25) is 0 Å². The van der Waals surface area contributed by atoms with Crippen LogP contribution in [0.5, 0.6) is 0 Å². The van der Waals surface area contributed by atoms with Crippen molar-refractivity contribution in [2.75, 3.05) is 0 Å². The summed E-state index contributed by atoms with van der Waals surface area (Å²) < 4.78 is 8.28. The van der Waals surface area contributed by atoms with E-state index in [1.807, 2.05) is 0 Å². The zero-order valence-electron chi connectivity index (χ0n) is 1.12. The minimum absolute atomic E-state index is 0. The molecule has 0 amide bonds. The molecule has 0 aromatic rings. The summed E-state index contributed by atoms with van der Waals surface area (Å²) in [7, 11) is 0. The fourth-order valence-electron chi connectivity index (χ4n) is 0. The molecule has 0 saturated heterocycles. The Kier molecular flexibility index (Phi) is 88.3. The van der Waals surface area contributed by atoms with Crippen LogP contribution in [0.3, 0.4) is 0 Å². The molecule has 0 rings (SSSR count). The first-order chi connectivity index (χ1) is 1.00.